The summed E-state index contributed by atoms with van der Waals surface area (Å²) >= 11 is 0. The number of nitrogens with zero attached hydrogens (tertiary/aromatic N) is 7. The summed E-state index contributed by atoms with van der Waals surface area (Å²) in [6.07, 6.45) is -1.83. The number of aromatic nitrogens is 5. The maximum Gasteiger partial charge on any atom is 0.417 e. The zero-order chi connectivity index (χ0) is 26.0. The van der Waals surface area contributed by atoms with Gasteiger partial charge in [-0.25, -0.2) is 10.1 Å². The number of carbonyl (C=O) groups is 1. The smallest absolute Gasteiger partial charge is 0.378 e. The second-order valence-electron chi connectivity index (χ2n) is 8.21. The third-order valence-electron chi connectivity index (χ3n) is 5.86. The fraction of sp³-hybridized carbons (Fsp3) is 0.217. The van der Waals surface area contributed by atoms with Gasteiger partial charge in [-0.3, -0.25) is 4.79 Å². The van der Waals surface area contributed by atoms with Gasteiger partial charge in [0.1, 0.15) is 0 Å². The molecule has 1 aliphatic heterocycles. The molecule has 0 fully saturated rings. The Kier molecular flexibility index (Phi) is 6.29. The van der Waals surface area contributed by atoms with Crippen molar-refractivity contribution in [2.24, 2.45) is 5.10 Å². The van der Waals surface area contributed by atoms with Gasteiger partial charge in [-0.05, 0) is 40.9 Å². The summed E-state index contributed by atoms with van der Waals surface area (Å²) in [5, 5.41) is 19.0. The molecule has 14 heteroatoms. The minimum absolute atomic E-state index is 0.0504. The van der Waals surface area contributed by atoms with Gasteiger partial charge in [-0.15, -0.1) is 5.10 Å². The van der Waals surface area contributed by atoms with Crippen LogP contribution in [0.25, 0.3) is 5.82 Å². The first-order valence-corrected chi connectivity index (χ1v) is 11.2. The number of rotatable bonds is 6. The lowest BCUT2D eigenvalue weighted by Gasteiger charge is -2.31. The van der Waals surface area contributed by atoms with E-state index in [-0.39, 0.29) is 29.4 Å². The number of fused-ring (bicyclic) bond motifs is 1. The van der Waals surface area contributed by atoms with Gasteiger partial charge in [0.05, 0.1) is 24.0 Å². The van der Waals surface area contributed by atoms with Crippen molar-refractivity contribution in [1.29, 1.82) is 0 Å². The Hall–Kier alpha value is -4.75. The maximum atomic E-state index is 13.2. The molecule has 4 aromatic rings. The molecule has 0 unspecified atom stereocenters. The quantitative estimate of drug-likeness (QED) is 0.297. The number of benzene rings is 2. The van der Waals surface area contributed by atoms with Crippen LogP contribution in [0, 0.1) is 0 Å². The van der Waals surface area contributed by atoms with E-state index in [9.17, 15) is 18.0 Å². The molecular weight excluding hydrogens is 491 g/mol. The van der Waals surface area contributed by atoms with Gasteiger partial charge >= 0.3 is 6.18 Å². The first kappa shape index (κ1) is 24.0. The van der Waals surface area contributed by atoms with Crippen molar-refractivity contribution in [3.05, 3.63) is 76.6 Å². The standard InChI is InChI=1S/C23H20F3N9O2/c24-23(25,26)16-9-3-1-7-15(16)12-28-30-22(36)19-18(35(33-29-19)21-20(27)31-37-32-21)13-34-11-5-8-14-6-2-4-10-17(14)34/h1-4,6-7,9-10,12H,5,8,11,13H2,(H2,27,31)(H,30,36)/b28-12+. The number of amides is 1. The van der Waals surface area contributed by atoms with E-state index in [0.717, 1.165) is 36.4 Å². The normalized spacial score (nSPS) is 13.6. The van der Waals surface area contributed by atoms with E-state index < -0.39 is 17.6 Å². The molecule has 5 rings (SSSR count). The monoisotopic (exact) mass is 511 g/mol. The number of halogens is 3. The van der Waals surface area contributed by atoms with Crippen LogP contribution in [0.2, 0.25) is 0 Å². The third-order valence-corrected chi connectivity index (χ3v) is 5.86. The number of alkyl halides is 3. The average molecular weight is 511 g/mol. The first-order valence-electron chi connectivity index (χ1n) is 11.2. The van der Waals surface area contributed by atoms with Gasteiger partial charge < -0.3 is 10.6 Å². The molecule has 37 heavy (non-hydrogen) atoms. The van der Waals surface area contributed by atoms with Crippen LogP contribution in [0.4, 0.5) is 24.7 Å². The molecular formula is C23H20F3N9O2. The summed E-state index contributed by atoms with van der Waals surface area (Å²) in [6, 6.07) is 12.8. The van der Waals surface area contributed by atoms with Gasteiger partial charge in [-0.2, -0.15) is 23.0 Å². The Morgan fingerprint density at radius 3 is 2.73 bits per heavy atom. The number of hydrogen-bond acceptors (Lipinski definition) is 9. The van der Waals surface area contributed by atoms with Crippen LogP contribution in [0.5, 0.6) is 0 Å². The molecule has 11 nitrogen and oxygen atoms in total. The van der Waals surface area contributed by atoms with Gasteiger partial charge in [-0.1, -0.05) is 41.6 Å². The number of nitrogens with two attached hydrogens (primary N) is 1. The van der Waals surface area contributed by atoms with Crippen molar-refractivity contribution < 1.29 is 22.6 Å². The number of nitrogen functional groups attached to an aromatic ring is 1. The van der Waals surface area contributed by atoms with Crippen LogP contribution in [0.1, 0.15) is 39.3 Å². The van der Waals surface area contributed by atoms with E-state index in [1.807, 2.05) is 24.3 Å². The Morgan fingerprint density at radius 1 is 1.16 bits per heavy atom. The van der Waals surface area contributed by atoms with Gasteiger partial charge in [0, 0.05) is 17.8 Å². The zero-order valence-electron chi connectivity index (χ0n) is 19.2. The molecule has 2 aromatic carbocycles. The fourth-order valence-electron chi connectivity index (χ4n) is 4.17. The van der Waals surface area contributed by atoms with Crippen LogP contribution in [-0.2, 0) is 19.1 Å². The second kappa shape index (κ2) is 9.72. The molecule has 0 spiro atoms. The third kappa shape index (κ3) is 4.85. The summed E-state index contributed by atoms with van der Waals surface area (Å²) in [6.45, 7) is 0.919. The summed E-state index contributed by atoms with van der Waals surface area (Å²) in [5.74, 6) is -0.782. The van der Waals surface area contributed by atoms with Crippen molar-refractivity contribution in [3.8, 4) is 5.82 Å². The number of nitrogens with one attached hydrogen (secondary N) is 1. The van der Waals surface area contributed by atoms with Crippen molar-refractivity contribution in [2.45, 2.75) is 25.6 Å². The predicted octanol–water partition coefficient (Wildman–Crippen LogP) is 2.97. The van der Waals surface area contributed by atoms with E-state index >= 15 is 0 Å². The van der Waals surface area contributed by atoms with E-state index in [1.54, 1.807) is 0 Å². The average Bonchev–Trinajstić information content (AvgIpc) is 3.49. The van der Waals surface area contributed by atoms with E-state index in [1.165, 1.54) is 22.9 Å². The van der Waals surface area contributed by atoms with Crippen LogP contribution in [0.3, 0.4) is 0 Å². The lowest BCUT2D eigenvalue weighted by Crippen LogP contribution is -2.31. The summed E-state index contributed by atoms with van der Waals surface area (Å²) in [4.78, 5) is 15.1. The molecule has 190 valence electrons. The topological polar surface area (TPSA) is 140 Å². The number of anilines is 2. The molecule has 2 aromatic heterocycles. The highest BCUT2D eigenvalue weighted by atomic mass is 19.4. The Labute approximate surface area is 207 Å². The summed E-state index contributed by atoms with van der Waals surface area (Å²) in [5.41, 5.74) is 9.38. The van der Waals surface area contributed by atoms with E-state index in [0.29, 0.717) is 12.2 Å². The number of hydrazone groups is 1. The van der Waals surface area contributed by atoms with E-state index in [2.05, 4.69) is 40.7 Å². The van der Waals surface area contributed by atoms with Gasteiger partial charge in [0.2, 0.25) is 11.6 Å². The number of hydrogen-bond donors (Lipinski definition) is 2. The molecule has 3 N–H and O–H groups in total. The molecule has 0 saturated heterocycles. The number of carbonyl (C=O) groups excluding carboxylic acids is 1. The second-order valence-corrected chi connectivity index (χ2v) is 8.21. The van der Waals surface area contributed by atoms with Crippen LogP contribution in [-0.4, -0.2) is 44.0 Å². The molecule has 0 aliphatic carbocycles. The summed E-state index contributed by atoms with van der Waals surface area (Å²) < 4.78 is 45.7. The van der Waals surface area contributed by atoms with Crippen LogP contribution >= 0.6 is 0 Å². The highest BCUT2D eigenvalue weighted by Crippen LogP contribution is 2.31. The minimum atomic E-state index is -4.57. The molecule has 1 aliphatic rings. The number of aryl methyl sites for hydroxylation is 1. The van der Waals surface area contributed by atoms with Crippen LogP contribution in [0.15, 0.2) is 58.3 Å². The van der Waals surface area contributed by atoms with Crippen LogP contribution < -0.4 is 16.1 Å². The lowest BCUT2D eigenvalue weighted by atomic mass is 10.0. The van der Waals surface area contributed by atoms with Crippen molar-refractivity contribution >= 4 is 23.6 Å². The van der Waals surface area contributed by atoms with Crippen molar-refractivity contribution in [2.75, 3.05) is 17.2 Å². The Bertz CT molecular complexity index is 1460. The van der Waals surface area contributed by atoms with Gasteiger partial charge in [0.15, 0.2) is 5.69 Å². The Morgan fingerprint density at radius 2 is 1.95 bits per heavy atom. The van der Waals surface area contributed by atoms with Crippen molar-refractivity contribution in [3.63, 3.8) is 0 Å². The van der Waals surface area contributed by atoms with Gasteiger partial charge in [0.25, 0.3) is 5.91 Å². The molecule has 1 amide bonds. The van der Waals surface area contributed by atoms with Crippen molar-refractivity contribution in [1.82, 2.24) is 30.7 Å². The minimum Gasteiger partial charge on any atom is -0.378 e. The predicted molar refractivity (Wildman–Crippen MR) is 126 cm³/mol. The maximum absolute atomic E-state index is 13.2. The molecule has 0 atom stereocenters. The SMILES string of the molecule is Nc1nonc1-n1nnc(C(=O)N/N=C/c2ccccc2C(F)(F)F)c1CN1CCCc2ccccc21. The highest BCUT2D eigenvalue weighted by molar-refractivity contribution is 5.94. The molecule has 3 heterocycles. The number of para-hydroxylation sites is 1. The molecule has 0 bridgehead atoms. The first-order chi connectivity index (χ1) is 17.8. The fourth-order valence-corrected chi connectivity index (χ4v) is 4.17. The summed E-state index contributed by atoms with van der Waals surface area (Å²) in [7, 11) is 0. The zero-order valence-corrected chi connectivity index (χ0v) is 19.2. The lowest BCUT2D eigenvalue weighted by molar-refractivity contribution is -0.137. The molecule has 0 radical (unpaired) electrons. The van der Waals surface area contributed by atoms with E-state index in [4.69, 9.17) is 5.73 Å². The largest absolute Gasteiger partial charge is 0.417 e. The Balaban J connectivity index is 1.45. The highest BCUT2D eigenvalue weighted by Gasteiger charge is 2.32. The molecule has 0 saturated carbocycles.